The van der Waals surface area contributed by atoms with Crippen molar-refractivity contribution in [1.29, 1.82) is 0 Å². The third kappa shape index (κ3) is 1.72. The van der Waals surface area contributed by atoms with E-state index >= 15 is 0 Å². The first kappa shape index (κ1) is 12.8. The predicted molar refractivity (Wildman–Crippen MR) is 75.9 cm³/mol. The molecule has 1 aliphatic carbocycles. The summed E-state index contributed by atoms with van der Waals surface area (Å²) in [5, 5.41) is 3.14. The molecule has 1 saturated heterocycles. The summed E-state index contributed by atoms with van der Waals surface area (Å²) in [6.07, 6.45) is 8.16. The zero-order valence-electron chi connectivity index (χ0n) is 12.1. The van der Waals surface area contributed by atoms with Crippen molar-refractivity contribution in [2.24, 2.45) is 11.3 Å². The number of hydrogen-bond donors (Lipinski definition) is 1. The number of nitrogens with zero attached hydrogens (tertiary/aromatic N) is 3. The van der Waals surface area contributed by atoms with Crippen LogP contribution in [0.4, 0.5) is 0 Å². The molecule has 0 spiro atoms. The van der Waals surface area contributed by atoms with E-state index in [0.29, 0.717) is 17.3 Å². The summed E-state index contributed by atoms with van der Waals surface area (Å²) in [7, 11) is 0. The molecule has 1 N–H and O–H groups in total. The van der Waals surface area contributed by atoms with Crippen LogP contribution in [-0.4, -0.2) is 39.0 Å². The zero-order valence-corrected chi connectivity index (χ0v) is 12.1. The van der Waals surface area contributed by atoms with Gasteiger partial charge in [0.25, 0.3) is 5.91 Å². The van der Waals surface area contributed by atoms with Crippen LogP contribution in [0.5, 0.6) is 0 Å². The molecule has 0 radical (unpaired) electrons. The molecule has 1 aliphatic heterocycles. The van der Waals surface area contributed by atoms with E-state index in [9.17, 15) is 4.79 Å². The van der Waals surface area contributed by atoms with Gasteiger partial charge in [-0.2, -0.15) is 0 Å². The molecule has 1 amide bonds. The van der Waals surface area contributed by atoms with Crippen molar-refractivity contribution in [3.8, 4) is 0 Å². The summed E-state index contributed by atoms with van der Waals surface area (Å²) in [5.41, 5.74) is 0.934. The van der Waals surface area contributed by atoms with Crippen LogP contribution in [0, 0.1) is 11.3 Å². The first-order valence-corrected chi connectivity index (χ1v) is 7.29. The molecule has 6 heteroatoms. The van der Waals surface area contributed by atoms with E-state index in [1.54, 1.807) is 23.0 Å². The lowest BCUT2D eigenvalue weighted by molar-refractivity contribution is -0.108. The van der Waals surface area contributed by atoms with Gasteiger partial charge in [0.05, 0.1) is 6.10 Å². The molecule has 110 valence electrons. The minimum atomic E-state index is -0.157. The summed E-state index contributed by atoms with van der Waals surface area (Å²) in [5.74, 6) is 0.263. The molecule has 0 aromatic carbocycles. The highest BCUT2D eigenvalue weighted by molar-refractivity contribution is 5.98. The third-order valence-corrected chi connectivity index (χ3v) is 4.91. The van der Waals surface area contributed by atoms with E-state index in [4.69, 9.17) is 4.74 Å². The second-order valence-electron chi connectivity index (χ2n) is 6.45. The SMILES string of the molecule is CC1(C)[C@H](NC(=O)c2nccn3ccnc23)[C@@H]2CCO[C@H]21. The lowest BCUT2D eigenvalue weighted by Crippen LogP contribution is -2.66. The van der Waals surface area contributed by atoms with Crippen LogP contribution in [0.2, 0.25) is 0 Å². The smallest absolute Gasteiger partial charge is 0.274 e. The van der Waals surface area contributed by atoms with E-state index in [1.165, 1.54) is 0 Å². The Morgan fingerprint density at radius 1 is 1.38 bits per heavy atom. The second kappa shape index (κ2) is 4.27. The summed E-state index contributed by atoms with van der Waals surface area (Å²) in [6, 6.07) is 0.134. The maximum absolute atomic E-state index is 12.6. The van der Waals surface area contributed by atoms with Crippen LogP contribution in [0.15, 0.2) is 24.8 Å². The van der Waals surface area contributed by atoms with Crippen LogP contribution in [-0.2, 0) is 4.74 Å². The molecule has 1 saturated carbocycles. The van der Waals surface area contributed by atoms with Crippen LogP contribution >= 0.6 is 0 Å². The molecule has 2 aliphatic rings. The molecule has 0 unspecified atom stereocenters. The number of carbonyl (C=O) groups is 1. The maximum atomic E-state index is 12.6. The van der Waals surface area contributed by atoms with Crippen molar-refractivity contribution in [2.45, 2.75) is 32.4 Å². The van der Waals surface area contributed by atoms with Crippen LogP contribution in [0.25, 0.3) is 5.65 Å². The Kier molecular flexibility index (Phi) is 2.60. The molecule has 6 nitrogen and oxygen atoms in total. The van der Waals surface area contributed by atoms with Gasteiger partial charge in [-0.25, -0.2) is 9.97 Å². The monoisotopic (exact) mass is 286 g/mol. The predicted octanol–water partition coefficient (Wildman–Crippen LogP) is 1.27. The summed E-state index contributed by atoms with van der Waals surface area (Å²) >= 11 is 0. The van der Waals surface area contributed by atoms with E-state index in [1.807, 2.05) is 6.20 Å². The lowest BCUT2D eigenvalue weighted by Gasteiger charge is -2.54. The van der Waals surface area contributed by atoms with Crippen molar-refractivity contribution >= 4 is 11.6 Å². The normalized spacial score (nSPS) is 29.9. The first-order chi connectivity index (χ1) is 10.1. The van der Waals surface area contributed by atoms with Gasteiger partial charge in [0.1, 0.15) is 0 Å². The number of hydrogen-bond acceptors (Lipinski definition) is 4. The largest absolute Gasteiger partial charge is 0.377 e. The minimum Gasteiger partial charge on any atom is -0.377 e. The Hall–Kier alpha value is -1.95. The van der Waals surface area contributed by atoms with E-state index in [2.05, 4.69) is 29.1 Å². The average Bonchev–Trinajstić information content (AvgIpc) is 3.11. The lowest BCUT2D eigenvalue weighted by atomic mass is 9.57. The van der Waals surface area contributed by atoms with E-state index in [-0.39, 0.29) is 23.5 Å². The molecule has 21 heavy (non-hydrogen) atoms. The number of imidazole rings is 1. The molecule has 0 bridgehead atoms. The number of amides is 1. The summed E-state index contributed by atoms with van der Waals surface area (Å²) in [4.78, 5) is 21.0. The molecular formula is C15H18N4O2. The Labute approximate surface area is 122 Å². The number of aromatic nitrogens is 3. The number of fused-ring (bicyclic) bond motifs is 2. The van der Waals surface area contributed by atoms with Gasteiger partial charge in [0.2, 0.25) is 0 Å². The maximum Gasteiger partial charge on any atom is 0.274 e. The molecule has 2 aromatic rings. The van der Waals surface area contributed by atoms with Gasteiger partial charge in [-0.05, 0) is 6.42 Å². The van der Waals surface area contributed by atoms with Gasteiger partial charge in [-0.15, -0.1) is 0 Å². The highest BCUT2D eigenvalue weighted by Crippen LogP contribution is 2.52. The van der Waals surface area contributed by atoms with Crippen LogP contribution in [0.3, 0.4) is 0 Å². The molecule has 3 atom stereocenters. The fraction of sp³-hybridized carbons (Fsp3) is 0.533. The van der Waals surface area contributed by atoms with E-state index in [0.717, 1.165) is 13.0 Å². The van der Waals surface area contributed by atoms with Crippen molar-refractivity contribution in [2.75, 3.05) is 6.61 Å². The zero-order chi connectivity index (χ0) is 14.6. The van der Waals surface area contributed by atoms with Gasteiger partial charge in [-0.3, -0.25) is 4.79 Å². The first-order valence-electron chi connectivity index (χ1n) is 7.29. The van der Waals surface area contributed by atoms with Gasteiger partial charge in [0.15, 0.2) is 11.3 Å². The summed E-state index contributed by atoms with van der Waals surface area (Å²) < 4.78 is 7.56. The van der Waals surface area contributed by atoms with E-state index < -0.39 is 0 Å². The standard InChI is InChI=1S/C15H18N4O2/c1-15(2)11(9-3-8-21-12(9)15)18-14(20)10-13-17-5-7-19(13)6-4-16-10/h4-7,9,11-12H,3,8H2,1-2H3,(H,18,20)/t9-,11+,12+/m0/s1. The van der Waals surface area contributed by atoms with Crippen LogP contribution in [0.1, 0.15) is 30.8 Å². The number of rotatable bonds is 2. The number of nitrogens with one attached hydrogen (secondary N) is 1. The van der Waals surface area contributed by atoms with Crippen molar-refractivity contribution < 1.29 is 9.53 Å². The molecule has 2 fully saturated rings. The third-order valence-electron chi connectivity index (χ3n) is 4.91. The Morgan fingerprint density at radius 3 is 2.95 bits per heavy atom. The van der Waals surface area contributed by atoms with Gasteiger partial charge in [-0.1, -0.05) is 13.8 Å². The van der Waals surface area contributed by atoms with Gasteiger partial charge in [0, 0.05) is 48.8 Å². The quantitative estimate of drug-likeness (QED) is 0.903. The highest BCUT2D eigenvalue weighted by Gasteiger charge is 2.59. The van der Waals surface area contributed by atoms with Crippen molar-refractivity contribution in [3.63, 3.8) is 0 Å². The molecular weight excluding hydrogens is 268 g/mol. The highest BCUT2D eigenvalue weighted by atomic mass is 16.5. The Morgan fingerprint density at radius 2 is 2.14 bits per heavy atom. The van der Waals surface area contributed by atoms with Gasteiger partial charge >= 0.3 is 0 Å². The average molecular weight is 286 g/mol. The molecule has 4 rings (SSSR count). The minimum absolute atomic E-state index is 0.0304. The molecule has 3 heterocycles. The fourth-order valence-electron chi connectivity index (χ4n) is 3.84. The van der Waals surface area contributed by atoms with Gasteiger partial charge < -0.3 is 14.5 Å². The fourth-order valence-corrected chi connectivity index (χ4v) is 3.84. The summed E-state index contributed by atoms with van der Waals surface area (Å²) in [6.45, 7) is 5.08. The number of ether oxygens (including phenoxy) is 1. The topological polar surface area (TPSA) is 68.5 Å². The second-order valence-corrected chi connectivity index (χ2v) is 6.45. The Bertz CT molecular complexity index is 709. The Balaban J connectivity index is 1.60. The number of carbonyl (C=O) groups excluding carboxylic acids is 1. The molecule has 2 aromatic heterocycles. The van der Waals surface area contributed by atoms with Crippen molar-refractivity contribution in [3.05, 3.63) is 30.5 Å². The van der Waals surface area contributed by atoms with Crippen LogP contribution < -0.4 is 5.32 Å². The van der Waals surface area contributed by atoms with Crippen molar-refractivity contribution in [1.82, 2.24) is 19.7 Å².